The SMILES string of the molecule is O=C1/C(=C/c2ccc(OCc3ccc(F)cc3)c(Br)c2)SC(=Nc2ccccc2)N1Cc1ccco1. The lowest BCUT2D eigenvalue weighted by Gasteiger charge is -2.13. The molecule has 1 aliphatic rings. The Bertz CT molecular complexity index is 1420. The Kier molecular flexibility index (Phi) is 7.34. The predicted octanol–water partition coefficient (Wildman–Crippen LogP) is 7.56. The van der Waals surface area contributed by atoms with Crippen molar-refractivity contribution in [2.24, 2.45) is 4.99 Å². The van der Waals surface area contributed by atoms with Gasteiger partial charge in [0.05, 0.1) is 27.9 Å². The Labute approximate surface area is 220 Å². The van der Waals surface area contributed by atoms with Gasteiger partial charge in [-0.2, -0.15) is 0 Å². The summed E-state index contributed by atoms with van der Waals surface area (Å²) in [7, 11) is 0. The minimum absolute atomic E-state index is 0.140. The molecule has 4 aromatic rings. The van der Waals surface area contributed by atoms with Gasteiger partial charge in [0.25, 0.3) is 5.91 Å². The van der Waals surface area contributed by atoms with Crippen LogP contribution in [0.3, 0.4) is 0 Å². The van der Waals surface area contributed by atoms with Crippen molar-refractivity contribution in [1.82, 2.24) is 4.90 Å². The van der Waals surface area contributed by atoms with Crippen LogP contribution in [0.1, 0.15) is 16.9 Å². The van der Waals surface area contributed by atoms with Gasteiger partial charge in [-0.05, 0) is 93.4 Å². The summed E-state index contributed by atoms with van der Waals surface area (Å²) >= 11 is 4.88. The topological polar surface area (TPSA) is 55.0 Å². The van der Waals surface area contributed by atoms with E-state index in [1.165, 1.54) is 23.9 Å². The molecule has 8 heteroatoms. The predicted molar refractivity (Wildman–Crippen MR) is 143 cm³/mol. The fraction of sp³-hybridized carbons (Fsp3) is 0.0714. The fourth-order valence-corrected chi connectivity index (χ4v) is 5.03. The van der Waals surface area contributed by atoms with Gasteiger partial charge < -0.3 is 9.15 Å². The van der Waals surface area contributed by atoms with Crippen molar-refractivity contribution in [2.45, 2.75) is 13.2 Å². The van der Waals surface area contributed by atoms with Crippen LogP contribution >= 0.6 is 27.7 Å². The zero-order valence-electron chi connectivity index (χ0n) is 18.9. The molecule has 0 aliphatic carbocycles. The first-order valence-electron chi connectivity index (χ1n) is 11.1. The highest BCUT2D eigenvalue weighted by Gasteiger charge is 2.34. The highest BCUT2D eigenvalue weighted by Crippen LogP contribution is 2.36. The average molecular weight is 563 g/mol. The Hall–Kier alpha value is -3.62. The molecule has 3 aromatic carbocycles. The molecule has 0 unspecified atom stereocenters. The lowest BCUT2D eigenvalue weighted by atomic mass is 10.2. The zero-order chi connectivity index (χ0) is 24.9. The summed E-state index contributed by atoms with van der Waals surface area (Å²) in [5.74, 6) is 0.907. The minimum Gasteiger partial charge on any atom is -0.488 e. The van der Waals surface area contributed by atoms with E-state index in [4.69, 9.17) is 14.1 Å². The van der Waals surface area contributed by atoms with Crippen molar-refractivity contribution in [3.05, 3.63) is 123 Å². The van der Waals surface area contributed by atoms with Gasteiger partial charge in [-0.3, -0.25) is 9.69 Å². The van der Waals surface area contributed by atoms with Crippen molar-refractivity contribution in [3.8, 4) is 5.75 Å². The van der Waals surface area contributed by atoms with Crippen LogP contribution in [-0.2, 0) is 17.9 Å². The maximum absolute atomic E-state index is 13.3. The molecule has 5 rings (SSSR count). The third-order valence-electron chi connectivity index (χ3n) is 5.32. The van der Waals surface area contributed by atoms with E-state index in [2.05, 4.69) is 15.9 Å². The molecule has 0 bridgehead atoms. The first-order valence-corrected chi connectivity index (χ1v) is 12.7. The van der Waals surface area contributed by atoms with Gasteiger partial charge in [0.15, 0.2) is 5.17 Å². The molecular weight excluding hydrogens is 543 g/mol. The monoisotopic (exact) mass is 562 g/mol. The van der Waals surface area contributed by atoms with Crippen LogP contribution in [0.5, 0.6) is 5.75 Å². The lowest BCUT2D eigenvalue weighted by molar-refractivity contribution is -0.122. The summed E-state index contributed by atoms with van der Waals surface area (Å²) in [5, 5.41) is 0.590. The number of carbonyl (C=O) groups excluding carboxylic acids is 1. The van der Waals surface area contributed by atoms with E-state index in [-0.39, 0.29) is 11.7 Å². The number of amides is 1. The van der Waals surface area contributed by atoms with Crippen molar-refractivity contribution >= 4 is 50.5 Å². The standard InChI is InChI=1S/C28H20BrFN2O3S/c29-24-15-20(10-13-25(24)35-18-19-8-11-21(30)12-9-19)16-26-27(33)32(17-23-7-4-14-34-23)28(36-26)31-22-5-2-1-3-6-22/h1-16H,17-18H2/b26-16-,31-28?. The largest absolute Gasteiger partial charge is 0.488 e. The van der Waals surface area contributed by atoms with E-state index in [1.807, 2.05) is 60.7 Å². The van der Waals surface area contributed by atoms with Gasteiger partial charge in [-0.15, -0.1) is 0 Å². The second kappa shape index (κ2) is 11.0. The number of thioether (sulfide) groups is 1. The summed E-state index contributed by atoms with van der Waals surface area (Å²) in [4.78, 5) is 20.2. The zero-order valence-corrected chi connectivity index (χ0v) is 21.3. The number of rotatable bonds is 7. The molecule has 0 N–H and O–H groups in total. The number of ether oxygens (including phenoxy) is 1. The Morgan fingerprint density at radius 1 is 1.03 bits per heavy atom. The number of halogens is 2. The van der Waals surface area contributed by atoms with Gasteiger partial charge in [0, 0.05) is 0 Å². The smallest absolute Gasteiger partial charge is 0.267 e. The average Bonchev–Trinajstić information content (AvgIpc) is 3.50. The molecule has 2 heterocycles. The van der Waals surface area contributed by atoms with Crippen molar-refractivity contribution in [2.75, 3.05) is 0 Å². The van der Waals surface area contributed by atoms with Crippen molar-refractivity contribution < 1.29 is 18.3 Å². The van der Waals surface area contributed by atoms with Crippen LogP contribution in [0.2, 0.25) is 0 Å². The third kappa shape index (κ3) is 5.78. The van der Waals surface area contributed by atoms with E-state index in [1.54, 1.807) is 29.4 Å². The van der Waals surface area contributed by atoms with Gasteiger partial charge >= 0.3 is 0 Å². The number of benzene rings is 3. The van der Waals surface area contributed by atoms with Gasteiger partial charge in [0.1, 0.15) is 23.9 Å². The highest BCUT2D eigenvalue weighted by atomic mass is 79.9. The highest BCUT2D eigenvalue weighted by molar-refractivity contribution is 9.10. The number of amidine groups is 1. The molecule has 180 valence electrons. The number of nitrogens with zero attached hydrogens (tertiary/aromatic N) is 2. The summed E-state index contributed by atoms with van der Waals surface area (Å²) < 4.78 is 25.2. The fourth-order valence-electron chi connectivity index (χ4n) is 3.52. The van der Waals surface area contributed by atoms with Crippen LogP contribution in [0.15, 0.2) is 110 Å². The molecule has 1 saturated heterocycles. The number of hydrogen-bond acceptors (Lipinski definition) is 5. The van der Waals surface area contributed by atoms with E-state index in [0.29, 0.717) is 34.7 Å². The summed E-state index contributed by atoms with van der Waals surface area (Å²) in [5.41, 5.74) is 2.47. The maximum atomic E-state index is 13.3. The minimum atomic E-state index is -0.281. The van der Waals surface area contributed by atoms with Gasteiger partial charge in [-0.25, -0.2) is 9.38 Å². The quantitative estimate of drug-likeness (QED) is 0.218. The Balaban J connectivity index is 1.36. The van der Waals surface area contributed by atoms with E-state index in [0.717, 1.165) is 21.3 Å². The van der Waals surface area contributed by atoms with E-state index < -0.39 is 0 Å². The number of aliphatic imine (C=N–C) groups is 1. The lowest BCUT2D eigenvalue weighted by Crippen LogP contribution is -2.28. The number of hydrogen-bond donors (Lipinski definition) is 0. The molecular formula is C28H20BrFN2O3S. The molecule has 1 aromatic heterocycles. The molecule has 0 radical (unpaired) electrons. The summed E-state index contributed by atoms with van der Waals surface area (Å²) in [6.45, 7) is 0.608. The molecule has 0 saturated carbocycles. The summed E-state index contributed by atoms with van der Waals surface area (Å²) in [6.07, 6.45) is 3.43. The van der Waals surface area contributed by atoms with Crippen LogP contribution < -0.4 is 4.74 Å². The van der Waals surface area contributed by atoms with Crippen LogP contribution in [0.25, 0.3) is 6.08 Å². The van der Waals surface area contributed by atoms with Crippen LogP contribution in [0, 0.1) is 5.82 Å². The Morgan fingerprint density at radius 2 is 1.83 bits per heavy atom. The molecule has 5 nitrogen and oxygen atoms in total. The number of carbonyl (C=O) groups is 1. The third-order valence-corrected chi connectivity index (χ3v) is 6.95. The molecule has 0 spiro atoms. The molecule has 1 aliphatic heterocycles. The van der Waals surface area contributed by atoms with E-state index >= 15 is 0 Å². The van der Waals surface area contributed by atoms with Crippen LogP contribution in [0.4, 0.5) is 10.1 Å². The van der Waals surface area contributed by atoms with Gasteiger partial charge in [-0.1, -0.05) is 36.4 Å². The normalized spacial score (nSPS) is 15.7. The number of furan rings is 1. The van der Waals surface area contributed by atoms with Crippen LogP contribution in [-0.4, -0.2) is 16.0 Å². The summed E-state index contributed by atoms with van der Waals surface area (Å²) in [6, 6.07) is 25.0. The van der Waals surface area contributed by atoms with Gasteiger partial charge in [0.2, 0.25) is 0 Å². The molecule has 36 heavy (non-hydrogen) atoms. The molecule has 1 amide bonds. The first kappa shape index (κ1) is 24.1. The second-order valence-corrected chi connectivity index (χ2v) is 9.78. The van der Waals surface area contributed by atoms with Crippen molar-refractivity contribution in [1.29, 1.82) is 0 Å². The second-order valence-electron chi connectivity index (χ2n) is 7.92. The number of para-hydroxylation sites is 1. The first-order chi connectivity index (χ1) is 17.5. The molecule has 0 atom stereocenters. The van der Waals surface area contributed by atoms with E-state index in [9.17, 15) is 9.18 Å². The van der Waals surface area contributed by atoms with Crippen molar-refractivity contribution in [3.63, 3.8) is 0 Å². The maximum Gasteiger partial charge on any atom is 0.267 e. The Morgan fingerprint density at radius 3 is 2.56 bits per heavy atom. The molecule has 1 fully saturated rings.